The smallest absolute Gasteiger partial charge is 0.247 e. The van der Waals surface area contributed by atoms with Crippen LogP contribution in [0.3, 0.4) is 0 Å². The van der Waals surface area contributed by atoms with Crippen LogP contribution < -0.4 is 5.32 Å². The number of anilines is 2. The van der Waals surface area contributed by atoms with E-state index in [9.17, 15) is 4.79 Å². The van der Waals surface area contributed by atoms with Crippen molar-refractivity contribution in [2.45, 2.75) is 52.5 Å². The van der Waals surface area contributed by atoms with Crippen molar-refractivity contribution in [2.24, 2.45) is 0 Å². The van der Waals surface area contributed by atoms with Gasteiger partial charge in [0.1, 0.15) is 10.8 Å². The predicted molar refractivity (Wildman–Crippen MR) is 124 cm³/mol. The number of nitrogens with one attached hydrogen (secondary N) is 1. The van der Waals surface area contributed by atoms with E-state index in [-0.39, 0.29) is 11.9 Å². The largest absolute Gasteiger partial charge is 0.329 e. The number of carbonyl (C=O) groups excluding carboxylic acids is 1. The lowest BCUT2D eigenvalue weighted by Crippen LogP contribution is -2.38. The molecule has 1 fully saturated rings. The van der Waals surface area contributed by atoms with Gasteiger partial charge in [0.15, 0.2) is 5.82 Å². The number of nitrogens with zero attached hydrogens (tertiary/aromatic N) is 6. The summed E-state index contributed by atoms with van der Waals surface area (Å²) >= 11 is 3.09. The van der Waals surface area contributed by atoms with Gasteiger partial charge in [0.05, 0.1) is 16.7 Å². The molecule has 0 saturated carbocycles. The molecule has 0 spiro atoms. The predicted octanol–water partition coefficient (Wildman–Crippen LogP) is 4.47. The van der Waals surface area contributed by atoms with Crippen LogP contribution in [-0.4, -0.2) is 42.5 Å². The number of rotatable bonds is 6. The van der Waals surface area contributed by atoms with E-state index in [0.717, 1.165) is 47.1 Å². The molecule has 1 aliphatic rings. The summed E-state index contributed by atoms with van der Waals surface area (Å²) in [7, 11) is 0. The average Bonchev–Trinajstić information content (AvgIpc) is 3.40. The molecule has 1 unspecified atom stereocenters. The molecular weight excluding hydrogens is 430 g/mol. The van der Waals surface area contributed by atoms with Crippen molar-refractivity contribution in [1.29, 1.82) is 0 Å². The zero-order valence-corrected chi connectivity index (χ0v) is 19.5. The first-order valence-corrected chi connectivity index (χ1v) is 12.1. The number of hydrogen-bond acceptors (Lipinski definition) is 9. The van der Waals surface area contributed by atoms with E-state index in [1.165, 1.54) is 11.3 Å². The van der Waals surface area contributed by atoms with Crippen LogP contribution in [0, 0.1) is 13.8 Å². The van der Waals surface area contributed by atoms with Gasteiger partial charge in [0.2, 0.25) is 11.0 Å². The summed E-state index contributed by atoms with van der Waals surface area (Å²) in [6.07, 6.45) is 7.10. The number of carbonyl (C=O) groups is 1. The van der Waals surface area contributed by atoms with Crippen molar-refractivity contribution >= 4 is 45.6 Å². The van der Waals surface area contributed by atoms with Gasteiger partial charge >= 0.3 is 0 Å². The van der Waals surface area contributed by atoms with Crippen LogP contribution in [0.25, 0.3) is 6.08 Å². The lowest BCUT2D eigenvalue weighted by Gasteiger charge is -2.34. The minimum absolute atomic E-state index is 0.0355. The van der Waals surface area contributed by atoms with Gasteiger partial charge in [-0.05, 0) is 45.6 Å². The highest BCUT2D eigenvalue weighted by Gasteiger charge is 2.29. The Bertz CT molecular complexity index is 1090. The molecule has 1 amide bonds. The van der Waals surface area contributed by atoms with Gasteiger partial charge in [-0.3, -0.25) is 4.79 Å². The summed E-state index contributed by atoms with van der Waals surface area (Å²) in [5, 5.41) is 16.2. The number of hydrogen-bond donors (Lipinski definition) is 1. The zero-order chi connectivity index (χ0) is 21.8. The Morgan fingerprint density at radius 1 is 1.26 bits per heavy atom. The van der Waals surface area contributed by atoms with Gasteiger partial charge in [0, 0.05) is 29.8 Å². The van der Waals surface area contributed by atoms with Crippen LogP contribution >= 0.6 is 22.7 Å². The van der Waals surface area contributed by atoms with Gasteiger partial charge < -0.3 is 10.2 Å². The summed E-state index contributed by atoms with van der Waals surface area (Å²) in [4.78, 5) is 28.6. The Labute approximate surface area is 189 Å². The normalized spacial score (nSPS) is 16.7. The van der Waals surface area contributed by atoms with Crippen LogP contribution in [0.15, 0.2) is 17.5 Å². The SMILES string of the molecule is CCc1nnc(Nc2cc(C)nc(C3CCCCN3C(=O)/C=C/c3csc(C)n3)n2)s1. The molecule has 3 aromatic heterocycles. The summed E-state index contributed by atoms with van der Waals surface area (Å²) in [6, 6.07) is 1.74. The van der Waals surface area contributed by atoms with Crippen LogP contribution in [0.5, 0.6) is 0 Å². The van der Waals surface area contributed by atoms with Gasteiger partial charge in [-0.15, -0.1) is 21.5 Å². The van der Waals surface area contributed by atoms with Crippen LogP contribution in [0.2, 0.25) is 0 Å². The third kappa shape index (κ3) is 5.31. The minimum atomic E-state index is -0.149. The Morgan fingerprint density at radius 2 is 2.13 bits per heavy atom. The molecule has 31 heavy (non-hydrogen) atoms. The van der Waals surface area contributed by atoms with Crippen molar-refractivity contribution in [1.82, 2.24) is 30.0 Å². The van der Waals surface area contributed by atoms with Crippen molar-refractivity contribution in [2.75, 3.05) is 11.9 Å². The summed E-state index contributed by atoms with van der Waals surface area (Å²) < 4.78 is 0. The second-order valence-electron chi connectivity index (χ2n) is 7.40. The highest BCUT2D eigenvalue weighted by atomic mass is 32.1. The average molecular weight is 456 g/mol. The van der Waals surface area contributed by atoms with Crippen LogP contribution in [-0.2, 0) is 11.2 Å². The van der Waals surface area contributed by atoms with Crippen molar-refractivity contribution < 1.29 is 4.79 Å². The Kier molecular flexibility index (Phi) is 6.67. The monoisotopic (exact) mass is 455 g/mol. The molecule has 1 saturated heterocycles. The molecule has 1 aliphatic heterocycles. The van der Waals surface area contributed by atoms with Crippen molar-refractivity contribution in [3.8, 4) is 0 Å². The standard InChI is InChI=1S/C21H25N7OS2/c1-4-18-26-27-21(31-18)25-17-11-13(2)22-20(24-17)16-7-5-6-10-28(16)19(29)9-8-15-12-30-14(3)23-15/h8-9,11-12,16H,4-7,10H2,1-3H3,(H,22,24,25,27)/b9-8+. The third-order valence-electron chi connectivity index (χ3n) is 4.99. The molecule has 3 aromatic rings. The topological polar surface area (TPSA) is 96.8 Å². The number of likely N-dealkylation sites (tertiary alicyclic amines) is 1. The quantitative estimate of drug-likeness (QED) is 0.548. The van der Waals surface area contributed by atoms with Gasteiger partial charge in [0.25, 0.3) is 0 Å². The van der Waals surface area contributed by atoms with Gasteiger partial charge in [-0.25, -0.2) is 15.0 Å². The van der Waals surface area contributed by atoms with Crippen molar-refractivity contribution in [3.63, 3.8) is 0 Å². The molecular formula is C21H25N7OS2. The van der Waals surface area contributed by atoms with Crippen LogP contribution in [0.1, 0.15) is 59.5 Å². The van der Waals surface area contributed by atoms with Gasteiger partial charge in [-0.2, -0.15) is 0 Å². The molecule has 0 aliphatic carbocycles. The molecule has 10 heteroatoms. The first kappa shape index (κ1) is 21.5. The molecule has 0 radical (unpaired) electrons. The molecule has 1 N–H and O–H groups in total. The molecule has 8 nitrogen and oxygen atoms in total. The second-order valence-corrected chi connectivity index (χ2v) is 9.52. The Hall–Kier alpha value is -2.72. The molecule has 162 valence electrons. The van der Waals surface area contributed by atoms with E-state index in [1.807, 2.05) is 30.2 Å². The fraction of sp³-hybridized carbons (Fsp3) is 0.429. The van der Waals surface area contributed by atoms with E-state index in [0.29, 0.717) is 23.3 Å². The highest BCUT2D eigenvalue weighted by molar-refractivity contribution is 7.15. The minimum Gasteiger partial charge on any atom is -0.329 e. The maximum Gasteiger partial charge on any atom is 0.247 e. The molecule has 4 rings (SSSR count). The van der Waals surface area contributed by atoms with E-state index < -0.39 is 0 Å². The van der Waals surface area contributed by atoms with Crippen molar-refractivity contribution in [3.05, 3.63) is 44.7 Å². The number of aromatic nitrogens is 5. The molecule has 0 bridgehead atoms. The number of aryl methyl sites for hydroxylation is 3. The number of piperidine rings is 1. The fourth-order valence-electron chi connectivity index (χ4n) is 3.53. The van der Waals surface area contributed by atoms with Gasteiger partial charge in [-0.1, -0.05) is 18.3 Å². The number of amides is 1. The first-order valence-electron chi connectivity index (χ1n) is 10.4. The van der Waals surface area contributed by atoms with Crippen LogP contribution in [0.4, 0.5) is 10.9 Å². The van der Waals surface area contributed by atoms with E-state index in [2.05, 4.69) is 32.4 Å². The van der Waals surface area contributed by atoms with E-state index >= 15 is 0 Å². The van der Waals surface area contributed by atoms with E-state index in [1.54, 1.807) is 23.5 Å². The Morgan fingerprint density at radius 3 is 2.87 bits per heavy atom. The second kappa shape index (κ2) is 9.61. The summed E-state index contributed by atoms with van der Waals surface area (Å²) in [5.74, 6) is 1.30. The Balaban J connectivity index is 1.54. The maximum absolute atomic E-state index is 13.0. The highest BCUT2D eigenvalue weighted by Crippen LogP contribution is 2.31. The molecule has 0 aromatic carbocycles. The number of thiazole rings is 1. The first-order chi connectivity index (χ1) is 15.0. The summed E-state index contributed by atoms with van der Waals surface area (Å²) in [6.45, 7) is 6.64. The fourth-order valence-corrected chi connectivity index (χ4v) is 4.80. The molecule has 4 heterocycles. The van der Waals surface area contributed by atoms with E-state index in [4.69, 9.17) is 4.98 Å². The zero-order valence-electron chi connectivity index (χ0n) is 17.8. The lowest BCUT2D eigenvalue weighted by molar-refractivity contribution is -0.129. The summed E-state index contributed by atoms with van der Waals surface area (Å²) in [5.41, 5.74) is 1.66. The molecule has 1 atom stereocenters. The third-order valence-corrected chi connectivity index (χ3v) is 6.77. The lowest BCUT2D eigenvalue weighted by atomic mass is 10.0. The maximum atomic E-state index is 13.0.